The second-order valence-electron chi connectivity index (χ2n) is 4.76. The Bertz CT molecular complexity index is 590. The van der Waals surface area contributed by atoms with Crippen LogP contribution in [0.4, 0.5) is 0 Å². The predicted molar refractivity (Wildman–Crippen MR) is 94.1 cm³/mol. The lowest BCUT2D eigenvalue weighted by Crippen LogP contribution is -2.33. The van der Waals surface area contributed by atoms with Gasteiger partial charge in [-0.1, -0.05) is 35.9 Å². The van der Waals surface area contributed by atoms with Crippen LogP contribution in [0.25, 0.3) is 0 Å². The van der Waals surface area contributed by atoms with Crippen molar-refractivity contribution < 1.29 is 9.53 Å². The van der Waals surface area contributed by atoms with Crippen LogP contribution in [0, 0.1) is 0 Å². The second kappa shape index (κ2) is 9.16. The van der Waals surface area contributed by atoms with Crippen molar-refractivity contribution in [2.24, 2.45) is 0 Å². The monoisotopic (exact) mass is 359 g/mol. The smallest absolute Gasteiger partial charge is 0.327 e. The van der Waals surface area contributed by atoms with E-state index in [1.54, 1.807) is 17.4 Å². The second-order valence-corrected chi connectivity index (χ2v) is 6.20. The summed E-state index contributed by atoms with van der Waals surface area (Å²) in [6.45, 7) is 0.755. The van der Waals surface area contributed by atoms with E-state index in [-0.39, 0.29) is 18.4 Å². The molecule has 0 amide bonds. The number of halogens is 2. The molecule has 0 N–H and O–H groups in total. The average Bonchev–Trinajstić information content (AvgIpc) is 3.00. The Morgan fingerprint density at radius 1 is 1.32 bits per heavy atom. The quantitative estimate of drug-likeness (QED) is 0.723. The molecular weight excluding hydrogens is 341 g/mol. The molecule has 0 radical (unpaired) electrons. The van der Waals surface area contributed by atoms with Crippen LogP contribution in [0.5, 0.6) is 0 Å². The number of ether oxygens (including phenoxy) is 1. The molecule has 6 heteroatoms. The summed E-state index contributed by atoms with van der Waals surface area (Å²) in [7, 11) is 3.32. The van der Waals surface area contributed by atoms with Crippen LogP contribution in [-0.4, -0.2) is 31.6 Å². The number of carbonyl (C=O) groups excluding carboxylic acids is 1. The highest BCUT2D eigenvalue weighted by atomic mass is 35.5. The first-order valence-corrected chi connectivity index (χ1v) is 7.94. The van der Waals surface area contributed by atoms with Crippen molar-refractivity contribution in [1.82, 2.24) is 4.90 Å². The summed E-state index contributed by atoms with van der Waals surface area (Å²) in [5.41, 5.74) is 0.777. The van der Waals surface area contributed by atoms with Crippen LogP contribution < -0.4 is 0 Å². The third-order valence-corrected chi connectivity index (χ3v) is 4.64. The van der Waals surface area contributed by atoms with E-state index in [1.807, 2.05) is 36.2 Å². The molecule has 0 aliphatic carbocycles. The Balaban J connectivity index is 0.00000242. The van der Waals surface area contributed by atoms with Gasteiger partial charge in [0.2, 0.25) is 0 Å². The number of benzene rings is 1. The van der Waals surface area contributed by atoms with E-state index in [1.165, 1.54) is 12.0 Å². The predicted octanol–water partition coefficient (Wildman–Crippen LogP) is 4.21. The molecule has 1 atom stereocenters. The van der Waals surface area contributed by atoms with Crippen molar-refractivity contribution >= 4 is 41.3 Å². The average molecular weight is 360 g/mol. The first kappa shape index (κ1) is 19.0. The highest BCUT2D eigenvalue weighted by molar-refractivity contribution is 7.09. The Labute approximate surface area is 146 Å². The van der Waals surface area contributed by atoms with Crippen LogP contribution in [0.3, 0.4) is 0 Å². The molecule has 0 saturated carbocycles. The standard InChI is InChI=1S/C16H18ClNO2S.ClH/c1-18(10-9-12-6-5-11-21-12)15(16(19)20-2)13-7-3-4-8-14(13)17;/h3-8,11,15H,9-10H2,1-2H3;1H/t15-;/m0./s1. The van der Waals surface area contributed by atoms with E-state index in [4.69, 9.17) is 16.3 Å². The Morgan fingerprint density at radius 2 is 2.05 bits per heavy atom. The summed E-state index contributed by atoms with van der Waals surface area (Å²) in [4.78, 5) is 15.4. The lowest BCUT2D eigenvalue weighted by molar-refractivity contribution is -0.146. The number of hydrogen-bond acceptors (Lipinski definition) is 4. The number of nitrogens with zero attached hydrogens (tertiary/aromatic N) is 1. The zero-order valence-electron chi connectivity index (χ0n) is 12.5. The highest BCUT2D eigenvalue weighted by Crippen LogP contribution is 2.28. The lowest BCUT2D eigenvalue weighted by Gasteiger charge is -2.26. The first-order valence-electron chi connectivity index (χ1n) is 6.68. The maximum atomic E-state index is 12.1. The van der Waals surface area contributed by atoms with Gasteiger partial charge in [-0.2, -0.15) is 0 Å². The number of esters is 1. The minimum Gasteiger partial charge on any atom is -0.468 e. The number of likely N-dealkylation sites (N-methyl/N-ethyl adjacent to an activating group) is 1. The van der Waals surface area contributed by atoms with Gasteiger partial charge in [-0.05, 0) is 36.5 Å². The minimum atomic E-state index is -0.483. The summed E-state index contributed by atoms with van der Waals surface area (Å²) in [5, 5.41) is 2.64. The minimum absolute atomic E-state index is 0. The van der Waals surface area contributed by atoms with Crippen molar-refractivity contribution in [3.8, 4) is 0 Å². The van der Waals surface area contributed by atoms with Crippen LogP contribution in [-0.2, 0) is 16.0 Å². The molecule has 1 heterocycles. The van der Waals surface area contributed by atoms with Gasteiger partial charge in [0, 0.05) is 16.4 Å². The molecule has 0 saturated heterocycles. The van der Waals surface area contributed by atoms with Crippen LogP contribution in [0.15, 0.2) is 41.8 Å². The normalized spacial score (nSPS) is 11.8. The highest BCUT2D eigenvalue weighted by Gasteiger charge is 2.27. The topological polar surface area (TPSA) is 29.5 Å². The third kappa shape index (κ3) is 4.71. The third-order valence-electron chi connectivity index (χ3n) is 3.36. The van der Waals surface area contributed by atoms with Crippen molar-refractivity contribution in [3.05, 3.63) is 57.2 Å². The summed E-state index contributed by atoms with van der Waals surface area (Å²) >= 11 is 7.95. The summed E-state index contributed by atoms with van der Waals surface area (Å²) in [5.74, 6) is -0.295. The van der Waals surface area contributed by atoms with E-state index in [0.29, 0.717) is 5.02 Å². The SMILES string of the molecule is COC(=O)[C@H](c1ccccc1Cl)N(C)CCc1cccs1.Cl. The van der Waals surface area contributed by atoms with E-state index in [0.717, 1.165) is 18.5 Å². The number of carbonyl (C=O) groups is 1. The summed E-state index contributed by atoms with van der Waals surface area (Å²) < 4.78 is 4.94. The number of rotatable bonds is 6. The van der Waals surface area contributed by atoms with Crippen molar-refractivity contribution in [3.63, 3.8) is 0 Å². The van der Waals surface area contributed by atoms with E-state index < -0.39 is 6.04 Å². The molecule has 0 bridgehead atoms. The Morgan fingerprint density at radius 3 is 2.64 bits per heavy atom. The Kier molecular flexibility index (Phi) is 7.90. The van der Waals surface area contributed by atoms with Crippen LogP contribution in [0.2, 0.25) is 5.02 Å². The molecule has 0 spiro atoms. The van der Waals surface area contributed by atoms with Gasteiger partial charge in [0.25, 0.3) is 0 Å². The summed E-state index contributed by atoms with van der Waals surface area (Å²) in [6, 6.07) is 11.0. The first-order chi connectivity index (χ1) is 10.1. The molecule has 0 aliphatic heterocycles. The van der Waals surface area contributed by atoms with E-state index >= 15 is 0 Å². The number of thiophene rings is 1. The fourth-order valence-electron chi connectivity index (χ4n) is 2.22. The van der Waals surface area contributed by atoms with E-state index in [9.17, 15) is 4.79 Å². The largest absolute Gasteiger partial charge is 0.468 e. The zero-order chi connectivity index (χ0) is 15.2. The molecule has 0 fully saturated rings. The molecule has 0 unspecified atom stereocenters. The van der Waals surface area contributed by atoms with Gasteiger partial charge in [-0.3, -0.25) is 4.90 Å². The molecule has 120 valence electrons. The van der Waals surface area contributed by atoms with Crippen molar-refractivity contribution in [2.75, 3.05) is 20.7 Å². The zero-order valence-corrected chi connectivity index (χ0v) is 14.9. The van der Waals surface area contributed by atoms with Crippen molar-refractivity contribution in [2.45, 2.75) is 12.5 Å². The number of methoxy groups -OCH3 is 1. The van der Waals surface area contributed by atoms with Crippen LogP contribution in [0.1, 0.15) is 16.5 Å². The maximum absolute atomic E-state index is 12.1. The summed E-state index contributed by atoms with van der Waals surface area (Å²) in [6.07, 6.45) is 0.895. The maximum Gasteiger partial charge on any atom is 0.327 e. The molecule has 1 aromatic carbocycles. The van der Waals surface area contributed by atoms with Gasteiger partial charge >= 0.3 is 5.97 Å². The molecule has 2 aromatic rings. The molecule has 2 rings (SSSR count). The van der Waals surface area contributed by atoms with Gasteiger partial charge in [-0.25, -0.2) is 4.79 Å². The molecule has 0 aliphatic rings. The Hall–Kier alpha value is -1.07. The van der Waals surface area contributed by atoms with Gasteiger partial charge in [0.1, 0.15) is 6.04 Å². The van der Waals surface area contributed by atoms with Crippen molar-refractivity contribution in [1.29, 1.82) is 0 Å². The molecular formula is C16H19Cl2NO2S. The van der Waals surface area contributed by atoms with Crippen LogP contribution >= 0.6 is 35.3 Å². The fraction of sp³-hybridized carbons (Fsp3) is 0.312. The lowest BCUT2D eigenvalue weighted by atomic mass is 10.1. The molecule has 1 aromatic heterocycles. The number of hydrogen-bond donors (Lipinski definition) is 0. The van der Waals surface area contributed by atoms with Gasteiger partial charge in [0.15, 0.2) is 0 Å². The fourth-order valence-corrected chi connectivity index (χ4v) is 3.16. The van der Waals surface area contributed by atoms with Gasteiger partial charge < -0.3 is 4.74 Å². The molecule has 22 heavy (non-hydrogen) atoms. The van der Waals surface area contributed by atoms with E-state index in [2.05, 4.69) is 11.4 Å². The van der Waals surface area contributed by atoms with Gasteiger partial charge in [0.05, 0.1) is 7.11 Å². The molecule has 3 nitrogen and oxygen atoms in total. The van der Waals surface area contributed by atoms with Gasteiger partial charge in [-0.15, -0.1) is 23.7 Å².